The molecule has 0 bridgehead atoms. The molecule has 0 radical (unpaired) electrons. The number of rotatable bonds is 2. The Morgan fingerprint density at radius 3 is 1.10 bits per heavy atom. The van der Waals surface area contributed by atoms with Crippen LogP contribution >= 0.6 is 37.2 Å². The van der Waals surface area contributed by atoms with E-state index < -0.39 is 12.3 Å². The van der Waals surface area contributed by atoms with Gasteiger partial charge in [0.1, 0.15) is 0 Å². The van der Waals surface area contributed by atoms with Gasteiger partial charge in [0.05, 0.1) is 0 Å². The van der Waals surface area contributed by atoms with E-state index in [4.69, 9.17) is 37.2 Å². The molecule has 0 N–H and O–H groups in total. The minimum absolute atomic E-state index is 1.34. The Morgan fingerprint density at radius 2 is 1.10 bits per heavy atom. The Labute approximate surface area is 82.0 Å². The fourth-order valence-electron chi connectivity index (χ4n) is 0.354. The molecule has 0 fully saturated rings. The average Bonchev–Trinajstić information content (AvgIpc) is 1.63. The standard InChI is InChI=1S/C5H12.4ClH.Ti/c1-3-5-4-2;;;;;/h3-5H2,1-2H3;4*1H;/q;;;;;+4/p-4. The van der Waals surface area contributed by atoms with E-state index in [1.165, 1.54) is 19.3 Å². The summed E-state index contributed by atoms with van der Waals surface area (Å²) in [5.41, 5.74) is 0. The normalized spacial score (nSPS) is 10.2. The second-order valence-corrected chi connectivity index (χ2v) is 17.3. The molecule has 0 aliphatic carbocycles. The molecule has 0 unspecified atom stereocenters. The predicted molar refractivity (Wildman–Crippen MR) is 48.6 cm³/mol. The summed E-state index contributed by atoms with van der Waals surface area (Å²) in [7, 11) is 20.1. The summed E-state index contributed by atoms with van der Waals surface area (Å²) in [6.07, 6.45) is 4.08. The number of halogens is 4. The molecular weight excluding hydrogens is 250 g/mol. The maximum absolute atomic E-state index is 5.01. The van der Waals surface area contributed by atoms with Gasteiger partial charge in [0.15, 0.2) is 0 Å². The van der Waals surface area contributed by atoms with Crippen LogP contribution in [0.4, 0.5) is 0 Å². The first-order valence-electron chi connectivity index (χ1n) is 3.17. The zero-order valence-electron chi connectivity index (χ0n) is 6.13. The van der Waals surface area contributed by atoms with Gasteiger partial charge in [0.25, 0.3) is 0 Å². The molecule has 0 spiro atoms. The zero-order valence-corrected chi connectivity index (χ0v) is 10.7. The molecule has 0 rings (SSSR count). The molecule has 0 aromatic heterocycles. The first kappa shape index (κ1) is 14.4. The second-order valence-electron chi connectivity index (χ2n) is 1.78. The molecular formula is C5H12Cl4Ti. The number of hydrogen-bond acceptors (Lipinski definition) is 0. The Bertz CT molecular complexity index is 53.2. The molecule has 0 nitrogen and oxygen atoms in total. The van der Waals surface area contributed by atoms with Gasteiger partial charge < -0.3 is 0 Å². The predicted octanol–water partition coefficient (Wildman–Crippen LogP) is 4.95. The molecule has 64 valence electrons. The molecule has 0 saturated carbocycles. The van der Waals surface area contributed by atoms with Crippen LogP contribution in [0.1, 0.15) is 33.1 Å². The van der Waals surface area contributed by atoms with E-state index in [1.54, 1.807) is 0 Å². The van der Waals surface area contributed by atoms with Crippen LogP contribution in [0.5, 0.6) is 0 Å². The Morgan fingerprint density at radius 1 is 0.900 bits per heavy atom. The SMILES string of the molecule is CCCCC.[Cl][Ti]([Cl])([Cl])[Cl]. The van der Waals surface area contributed by atoms with Gasteiger partial charge in [-0.25, -0.2) is 0 Å². The molecule has 0 amide bonds. The van der Waals surface area contributed by atoms with Crippen LogP contribution in [-0.4, -0.2) is 0 Å². The van der Waals surface area contributed by atoms with Crippen LogP contribution in [0, 0.1) is 0 Å². The fraction of sp³-hybridized carbons (Fsp3) is 1.00. The first-order chi connectivity index (χ1) is 4.41. The molecule has 5 heteroatoms. The van der Waals surface area contributed by atoms with Crippen molar-refractivity contribution in [1.82, 2.24) is 0 Å². The summed E-state index contributed by atoms with van der Waals surface area (Å²) in [6.45, 7) is 4.42. The quantitative estimate of drug-likeness (QED) is 0.617. The minimum atomic E-state index is -3.11. The second kappa shape index (κ2) is 8.97. The summed E-state index contributed by atoms with van der Waals surface area (Å²) >= 11 is -3.11. The molecule has 0 aromatic carbocycles. The molecule has 10 heavy (non-hydrogen) atoms. The molecule has 0 saturated heterocycles. The molecule has 0 aliphatic heterocycles. The van der Waals surface area contributed by atoms with Crippen LogP contribution in [0.25, 0.3) is 0 Å². The van der Waals surface area contributed by atoms with Crippen molar-refractivity contribution in [2.24, 2.45) is 0 Å². The van der Waals surface area contributed by atoms with Crippen molar-refractivity contribution in [3.8, 4) is 0 Å². The Hall–Kier alpha value is 1.87. The van der Waals surface area contributed by atoms with E-state index in [9.17, 15) is 0 Å². The monoisotopic (exact) mass is 260 g/mol. The Kier molecular flexibility index (Phi) is 12.9. The van der Waals surface area contributed by atoms with Crippen LogP contribution in [0.2, 0.25) is 0 Å². The molecule has 0 aliphatic rings. The van der Waals surface area contributed by atoms with Gasteiger partial charge in [-0.3, -0.25) is 0 Å². The molecule has 0 atom stereocenters. The summed E-state index contributed by atoms with van der Waals surface area (Å²) in [4.78, 5) is 0. The van der Waals surface area contributed by atoms with E-state index in [0.717, 1.165) is 0 Å². The van der Waals surface area contributed by atoms with Gasteiger partial charge in [-0.05, 0) is 0 Å². The summed E-state index contributed by atoms with van der Waals surface area (Å²) in [5, 5.41) is 0. The van der Waals surface area contributed by atoms with Crippen LogP contribution in [0.15, 0.2) is 0 Å². The van der Waals surface area contributed by atoms with Gasteiger partial charge in [-0.15, -0.1) is 0 Å². The van der Waals surface area contributed by atoms with E-state index in [-0.39, 0.29) is 0 Å². The number of hydrogen-bond donors (Lipinski definition) is 0. The first-order valence-corrected chi connectivity index (χ1v) is 11.8. The van der Waals surface area contributed by atoms with Gasteiger partial charge in [-0.2, -0.15) is 0 Å². The van der Waals surface area contributed by atoms with E-state index in [0.29, 0.717) is 0 Å². The van der Waals surface area contributed by atoms with Crippen LogP contribution < -0.4 is 0 Å². The van der Waals surface area contributed by atoms with E-state index in [2.05, 4.69) is 13.8 Å². The van der Waals surface area contributed by atoms with Crippen molar-refractivity contribution in [2.75, 3.05) is 0 Å². The maximum atomic E-state index is 5.01. The van der Waals surface area contributed by atoms with Crippen molar-refractivity contribution in [2.45, 2.75) is 33.1 Å². The Balaban J connectivity index is 0. The van der Waals surface area contributed by atoms with Gasteiger partial charge in [0.2, 0.25) is 0 Å². The topological polar surface area (TPSA) is 0 Å². The fourth-order valence-corrected chi connectivity index (χ4v) is 0.354. The van der Waals surface area contributed by atoms with E-state index in [1.807, 2.05) is 0 Å². The van der Waals surface area contributed by atoms with Crippen LogP contribution in [-0.2, 0) is 12.3 Å². The third-order valence-electron chi connectivity index (χ3n) is 0.707. The molecule has 0 heterocycles. The zero-order chi connectivity index (χ0) is 8.62. The van der Waals surface area contributed by atoms with Crippen molar-refractivity contribution >= 4 is 37.2 Å². The third-order valence-corrected chi connectivity index (χ3v) is 0.707. The number of unbranched alkanes of at least 4 members (excludes halogenated alkanes) is 2. The van der Waals surface area contributed by atoms with Gasteiger partial charge in [-0.1, -0.05) is 33.1 Å². The molecule has 0 aromatic rings. The summed E-state index contributed by atoms with van der Waals surface area (Å²) in [6, 6.07) is 0. The van der Waals surface area contributed by atoms with Crippen molar-refractivity contribution in [1.29, 1.82) is 0 Å². The summed E-state index contributed by atoms with van der Waals surface area (Å²) in [5.74, 6) is 0. The van der Waals surface area contributed by atoms with Gasteiger partial charge in [0, 0.05) is 0 Å². The van der Waals surface area contributed by atoms with Gasteiger partial charge >= 0.3 is 49.6 Å². The van der Waals surface area contributed by atoms with Crippen molar-refractivity contribution in [3.05, 3.63) is 0 Å². The third kappa shape index (κ3) is 51.8. The van der Waals surface area contributed by atoms with Crippen LogP contribution in [0.3, 0.4) is 0 Å². The van der Waals surface area contributed by atoms with E-state index >= 15 is 0 Å². The average molecular weight is 262 g/mol. The van der Waals surface area contributed by atoms with Crippen molar-refractivity contribution in [3.63, 3.8) is 0 Å². The summed E-state index contributed by atoms with van der Waals surface area (Å²) < 4.78 is 0. The van der Waals surface area contributed by atoms with Crippen molar-refractivity contribution < 1.29 is 12.3 Å².